The quantitative estimate of drug-likeness (QED) is 0.641. The monoisotopic (exact) mass is 191 g/mol. The molecular weight excluding hydrogens is 174 g/mol. The van der Waals surface area contributed by atoms with Crippen molar-refractivity contribution in [1.29, 1.82) is 0 Å². The molecule has 0 saturated carbocycles. The van der Waals surface area contributed by atoms with Gasteiger partial charge in [-0.05, 0) is 11.5 Å². The molecule has 2 aromatic rings. The van der Waals surface area contributed by atoms with Crippen LogP contribution in [0, 0.1) is 5.41 Å². The molecule has 0 aliphatic heterocycles. The number of hydrogen-bond donors (Lipinski definition) is 0. The van der Waals surface area contributed by atoms with Crippen LogP contribution in [0.15, 0.2) is 30.7 Å². The highest BCUT2D eigenvalue weighted by atomic mass is 15.2. The van der Waals surface area contributed by atoms with E-state index in [9.17, 15) is 0 Å². The zero-order valence-corrected chi connectivity index (χ0v) is 9.23. The molecule has 0 amide bonds. The molecule has 14 heavy (non-hydrogen) atoms. The summed E-state index contributed by atoms with van der Waals surface area (Å²) < 4.78 is 1.72. The van der Waals surface area contributed by atoms with Crippen LogP contribution in [0.4, 0.5) is 0 Å². The van der Waals surface area contributed by atoms with Crippen LogP contribution in [0.3, 0.4) is 0 Å². The van der Waals surface area contributed by atoms with E-state index in [0.717, 1.165) is 5.65 Å². The highest BCUT2D eigenvalue weighted by molar-refractivity contribution is 5.33. The van der Waals surface area contributed by atoms with E-state index in [0.29, 0.717) is 5.41 Å². The predicted molar refractivity (Wildman–Crippen MR) is 58.1 cm³/mol. The van der Waals surface area contributed by atoms with Crippen molar-refractivity contribution in [2.24, 2.45) is 5.41 Å². The lowest BCUT2D eigenvalue weighted by Gasteiger charge is -2.05. The standard InChI is InChI=1S/C6H5N3.C5H12/c1-3-7-6-2-4-8-9(6)5-1;1-5(2,3)4/h1-5H;1-4H3. The van der Waals surface area contributed by atoms with Gasteiger partial charge in [-0.2, -0.15) is 5.10 Å². The van der Waals surface area contributed by atoms with Crippen LogP contribution in [-0.4, -0.2) is 14.6 Å². The molecule has 2 rings (SSSR count). The number of hydrogen-bond acceptors (Lipinski definition) is 2. The normalized spacial score (nSPS) is 10.9. The van der Waals surface area contributed by atoms with Gasteiger partial charge in [-0.15, -0.1) is 0 Å². The third-order valence-corrected chi connectivity index (χ3v) is 1.17. The molecule has 2 aromatic heterocycles. The molecule has 0 atom stereocenters. The van der Waals surface area contributed by atoms with E-state index in [1.54, 1.807) is 16.9 Å². The molecule has 0 unspecified atom stereocenters. The van der Waals surface area contributed by atoms with Crippen LogP contribution in [0.1, 0.15) is 27.7 Å². The molecule has 0 radical (unpaired) electrons. The van der Waals surface area contributed by atoms with Crippen LogP contribution in [0.2, 0.25) is 0 Å². The molecule has 0 saturated heterocycles. The summed E-state index contributed by atoms with van der Waals surface area (Å²) in [5, 5.41) is 3.97. The van der Waals surface area contributed by atoms with Gasteiger partial charge < -0.3 is 0 Å². The molecule has 0 N–H and O–H groups in total. The molecule has 3 nitrogen and oxygen atoms in total. The van der Waals surface area contributed by atoms with Gasteiger partial charge in [0.25, 0.3) is 0 Å². The van der Waals surface area contributed by atoms with Gasteiger partial charge >= 0.3 is 0 Å². The summed E-state index contributed by atoms with van der Waals surface area (Å²) in [6, 6.07) is 3.71. The van der Waals surface area contributed by atoms with E-state index < -0.39 is 0 Å². The van der Waals surface area contributed by atoms with Gasteiger partial charge in [-0.1, -0.05) is 27.7 Å². The van der Waals surface area contributed by atoms with Crippen LogP contribution in [0.25, 0.3) is 5.65 Å². The zero-order chi connectivity index (χ0) is 10.6. The van der Waals surface area contributed by atoms with Crippen LogP contribution in [0.5, 0.6) is 0 Å². The second-order valence-electron chi connectivity index (χ2n) is 4.75. The maximum Gasteiger partial charge on any atom is 0.154 e. The maximum atomic E-state index is 4.04. The van der Waals surface area contributed by atoms with Crippen LogP contribution in [-0.2, 0) is 0 Å². The van der Waals surface area contributed by atoms with Crippen molar-refractivity contribution in [1.82, 2.24) is 14.6 Å². The molecule has 76 valence electrons. The molecule has 0 aliphatic rings. The Bertz CT molecular complexity index is 348. The summed E-state index contributed by atoms with van der Waals surface area (Å²) in [6.45, 7) is 8.75. The van der Waals surface area contributed by atoms with Crippen LogP contribution < -0.4 is 0 Å². The summed E-state index contributed by atoms with van der Waals surface area (Å²) in [4.78, 5) is 4.04. The van der Waals surface area contributed by atoms with Gasteiger partial charge in [0.2, 0.25) is 0 Å². The smallest absolute Gasteiger partial charge is 0.154 e. The molecular formula is C11H17N3. The van der Waals surface area contributed by atoms with Gasteiger partial charge in [0.1, 0.15) is 0 Å². The Morgan fingerprint density at radius 2 is 1.79 bits per heavy atom. The lowest BCUT2D eigenvalue weighted by atomic mass is 10.0. The fourth-order valence-electron chi connectivity index (χ4n) is 0.764. The first-order valence-electron chi connectivity index (χ1n) is 4.71. The number of aromatic nitrogens is 3. The predicted octanol–water partition coefficient (Wildman–Crippen LogP) is 2.78. The van der Waals surface area contributed by atoms with Gasteiger partial charge in [0.15, 0.2) is 5.65 Å². The number of nitrogens with zero attached hydrogens (tertiary/aromatic N) is 3. The second-order valence-corrected chi connectivity index (χ2v) is 4.75. The Balaban J connectivity index is 0.000000171. The Morgan fingerprint density at radius 3 is 2.36 bits per heavy atom. The van der Waals surface area contributed by atoms with Crippen molar-refractivity contribution in [2.75, 3.05) is 0 Å². The molecule has 2 heterocycles. The Hall–Kier alpha value is -1.38. The highest BCUT2D eigenvalue weighted by Crippen LogP contribution is 2.08. The molecule has 0 aromatic carbocycles. The summed E-state index contributed by atoms with van der Waals surface area (Å²) in [5.41, 5.74) is 1.39. The first-order chi connectivity index (χ1) is 6.47. The average molecular weight is 191 g/mol. The SMILES string of the molecule is CC(C)(C)C.c1cnc2ccnn2c1. The van der Waals surface area contributed by atoms with Crippen molar-refractivity contribution in [3.05, 3.63) is 30.7 Å². The third kappa shape index (κ3) is 4.03. The molecule has 3 heteroatoms. The molecule has 0 bridgehead atoms. The zero-order valence-electron chi connectivity index (χ0n) is 9.23. The summed E-state index contributed by atoms with van der Waals surface area (Å²) >= 11 is 0. The third-order valence-electron chi connectivity index (χ3n) is 1.17. The Morgan fingerprint density at radius 1 is 1.14 bits per heavy atom. The summed E-state index contributed by atoms with van der Waals surface area (Å²) in [5.74, 6) is 0. The lowest BCUT2D eigenvalue weighted by Crippen LogP contribution is -1.93. The fourth-order valence-corrected chi connectivity index (χ4v) is 0.764. The summed E-state index contributed by atoms with van der Waals surface area (Å²) in [7, 11) is 0. The fraction of sp³-hybridized carbons (Fsp3) is 0.455. The van der Waals surface area contributed by atoms with Crippen LogP contribution >= 0.6 is 0 Å². The Labute approximate surface area is 84.8 Å². The molecule has 0 aliphatic carbocycles. The van der Waals surface area contributed by atoms with Gasteiger partial charge in [0, 0.05) is 18.5 Å². The second kappa shape index (κ2) is 4.22. The van der Waals surface area contributed by atoms with E-state index in [1.165, 1.54) is 0 Å². The van der Waals surface area contributed by atoms with Gasteiger partial charge in [-0.25, -0.2) is 9.50 Å². The van der Waals surface area contributed by atoms with Crippen molar-refractivity contribution in [3.63, 3.8) is 0 Å². The summed E-state index contributed by atoms with van der Waals surface area (Å²) in [6.07, 6.45) is 5.34. The number of fused-ring (bicyclic) bond motifs is 1. The minimum absolute atomic E-state index is 0.500. The van der Waals surface area contributed by atoms with Gasteiger partial charge in [0.05, 0.1) is 6.20 Å². The average Bonchev–Trinajstić information content (AvgIpc) is 2.47. The van der Waals surface area contributed by atoms with Crippen molar-refractivity contribution in [3.8, 4) is 0 Å². The Kier molecular flexibility index (Phi) is 3.23. The lowest BCUT2D eigenvalue weighted by molar-refractivity contribution is 0.469. The maximum absolute atomic E-state index is 4.04. The first-order valence-corrected chi connectivity index (χ1v) is 4.71. The highest BCUT2D eigenvalue weighted by Gasteiger charge is 1.95. The number of rotatable bonds is 0. The van der Waals surface area contributed by atoms with Crippen molar-refractivity contribution < 1.29 is 0 Å². The van der Waals surface area contributed by atoms with Crippen molar-refractivity contribution in [2.45, 2.75) is 27.7 Å². The first kappa shape index (κ1) is 10.7. The minimum Gasteiger partial charge on any atom is -0.237 e. The topological polar surface area (TPSA) is 30.2 Å². The van der Waals surface area contributed by atoms with Crippen molar-refractivity contribution >= 4 is 5.65 Å². The van der Waals surface area contributed by atoms with E-state index in [-0.39, 0.29) is 0 Å². The van der Waals surface area contributed by atoms with E-state index in [2.05, 4.69) is 37.8 Å². The molecule has 0 spiro atoms. The van der Waals surface area contributed by atoms with Gasteiger partial charge in [-0.3, -0.25) is 0 Å². The van der Waals surface area contributed by atoms with E-state index >= 15 is 0 Å². The minimum atomic E-state index is 0.500. The van der Waals surface area contributed by atoms with E-state index in [4.69, 9.17) is 0 Å². The largest absolute Gasteiger partial charge is 0.237 e. The van der Waals surface area contributed by atoms with E-state index in [1.807, 2.05) is 18.3 Å². The molecule has 0 fully saturated rings.